The van der Waals surface area contributed by atoms with Gasteiger partial charge in [-0.2, -0.15) is 0 Å². The fourth-order valence-corrected chi connectivity index (χ4v) is 2.64. The summed E-state index contributed by atoms with van der Waals surface area (Å²) in [7, 11) is 2.19. The molecule has 0 aliphatic carbocycles. The molecule has 0 amide bonds. The first-order valence-corrected chi connectivity index (χ1v) is 7.58. The summed E-state index contributed by atoms with van der Waals surface area (Å²) in [6, 6.07) is 8.26. The molecule has 1 aromatic carbocycles. The van der Waals surface area contributed by atoms with Crippen LogP contribution >= 0.6 is 0 Å². The molecule has 1 unspecified atom stereocenters. The lowest BCUT2D eigenvalue weighted by molar-refractivity contribution is 0.261. The molecular weight excluding hydrogens is 250 g/mol. The summed E-state index contributed by atoms with van der Waals surface area (Å²) < 4.78 is 5.46. The van der Waals surface area contributed by atoms with Gasteiger partial charge < -0.3 is 20.3 Å². The highest BCUT2D eigenvalue weighted by atomic mass is 16.5. The number of benzene rings is 1. The first-order chi connectivity index (χ1) is 9.69. The van der Waals surface area contributed by atoms with Crippen LogP contribution in [0.25, 0.3) is 0 Å². The summed E-state index contributed by atoms with van der Waals surface area (Å²) >= 11 is 0. The Bertz CT molecular complexity index is 393. The van der Waals surface area contributed by atoms with Crippen LogP contribution in [0, 0.1) is 0 Å². The van der Waals surface area contributed by atoms with Gasteiger partial charge in [0.1, 0.15) is 5.75 Å². The number of likely N-dealkylation sites (N-methyl/N-ethyl adjacent to an activating group) is 1. The second-order valence-corrected chi connectivity index (χ2v) is 5.57. The van der Waals surface area contributed by atoms with Crippen molar-refractivity contribution in [1.29, 1.82) is 0 Å². The van der Waals surface area contributed by atoms with E-state index in [4.69, 9.17) is 10.5 Å². The van der Waals surface area contributed by atoms with Crippen molar-refractivity contribution in [1.82, 2.24) is 9.80 Å². The Morgan fingerprint density at radius 3 is 2.60 bits per heavy atom. The number of ether oxygens (including phenoxy) is 1. The summed E-state index contributed by atoms with van der Waals surface area (Å²) in [5.41, 5.74) is 7.53. The highest BCUT2D eigenvalue weighted by molar-refractivity contribution is 5.29. The summed E-state index contributed by atoms with van der Waals surface area (Å²) in [4.78, 5) is 4.87. The molecule has 2 N–H and O–H groups in total. The monoisotopic (exact) mass is 277 g/mol. The zero-order valence-electron chi connectivity index (χ0n) is 12.7. The van der Waals surface area contributed by atoms with Crippen LogP contribution in [0.5, 0.6) is 5.75 Å². The largest absolute Gasteiger partial charge is 0.494 e. The fraction of sp³-hybridized carbons (Fsp3) is 0.625. The Morgan fingerprint density at radius 1 is 1.15 bits per heavy atom. The maximum absolute atomic E-state index is 6.34. The lowest BCUT2D eigenvalue weighted by Gasteiger charge is -2.24. The van der Waals surface area contributed by atoms with E-state index in [1.807, 2.05) is 19.1 Å². The van der Waals surface area contributed by atoms with Crippen LogP contribution in [0.1, 0.15) is 24.9 Å². The lowest BCUT2D eigenvalue weighted by atomic mass is 10.1. The third kappa shape index (κ3) is 4.47. The quantitative estimate of drug-likeness (QED) is 0.890. The van der Waals surface area contributed by atoms with Crippen LogP contribution in [-0.2, 0) is 0 Å². The molecular formula is C16H27N3O. The fourth-order valence-electron chi connectivity index (χ4n) is 2.64. The Kier molecular flexibility index (Phi) is 5.83. The summed E-state index contributed by atoms with van der Waals surface area (Å²) in [6.07, 6.45) is 1.23. The SMILES string of the molecule is CCOc1ccc(C(N)CN2CCCN(C)CC2)cc1. The van der Waals surface area contributed by atoms with E-state index >= 15 is 0 Å². The van der Waals surface area contributed by atoms with E-state index < -0.39 is 0 Å². The predicted octanol–water partition coefficient (Wildman–Crippen LogP) is 1.72. The topological polar surface area (TPSA) is 41.7 Å². The Balaban J connectivity index is 1.88. The highest BCUT2D eigenvalue weighted by Crippen LogP contribution is 2.17. The van der Waals surface area contributed by atoms with E-state index in [9.17, 15) is 0 Å². The molecule has 0 saturated carbocycles. The molecule has 20 heavy (non-hydrogen) atoms. The van der Waals surface area contributed by atoms with E-state index in [2.05, 4.69) is 29.0 Å². The normalized spacial score (nSPS) is 19.6. The Labute approximate surface area is 122 Å². The zero-order chi connectivity index (χ0) is 14.4. The Morgan fingerprint density at radius 2 is 1.90 bits per heavy atom. The molecule has 0 spiro atoms. The minimum absolute atomic E-state index is 0.0779. The summed E-state index contributed by atoms with van der Waals surface area (Å²) in [5, 5.41) is 0. The second kappa shape index (κ2) is 7.62. The molecule has 1 saturated heterocycles. The van der Waals surface area contributed by atoms with E-state index in [1.54, 1.807) is 0 Å². The number of nitrogens with zero attached hydrogens (tertiary/aromatic N) is 2. The molecule has 4 heteroatoms. The minimum atomic E-state index is 0.0779. The van der Waals surface area contributed by atoms with Crippen LogP contribution in [0.3, 0.4) is 0 Å². The number of nitrogens with two attached hydrogens (primary N) is 1. The molecule has 1 aromatic rings. The van der Waals surface area contributed by atoms with Gasteiger partial charge in [0.15, 0.2) is 0 Å². The standard InChI is InChI=1S/C16H27N3O/c1-3-20-15-7-5-14(6-8-15)16(17)13-19-10-4-9-18(2)11-12-19/h5-8,16H,3-4,9-13,17H2,1-2H3. The van der Waals surface area contributed by atoms with Crippen LogP contribution in [0.2, 0.25) is 0 Å². The number of hydrogen-bond acceptors (Lipinski definition) is 4. The molecule has 1 aliphatic rings. The van der Waals surface area contributed by atoms with Gasteiger partial charge in [0.05, 0.1) is 6.61 Å². The molecule has 1 fully saturated rings. The average molecular weight is 277 g/mol. The molecule has 0 aromatic heterocycles. The van der Waals surface area contributed by atoms with Gasteiger partial charge >= 0.3 is 0 Å². The van der Waals surface area contributed by atoms with Crippen molar-refractivity contribution < 1.29 is 4.74 Å². The third-order valence-electron chi connectivity index (χ3n) is 3.89. The molecule has 4 nitrogen and oxygen atoms in total. The van der Waals surface area contributed by atoms with Crippen molar-refractivity contribution in [2.75, 3.05) is 46.4 Å². The average Bonchev–Trinajstić information content (AvgIpc) is 2.65. The summed E-state index contributed by atoms with van der Waals surface area (Å²) in [5.74, 6) is 0.917. The predicted molar refractivity (Wildman–Crippen MR) is 83.1 cm³/mol. The van der Waals surface area contributed by atoms with Crippen LogP contribution in [0.15, 0.2) is 24.3 Å². The highest BCUT2D eigenvalue weighted by Gasteiger charge is 2.15. The van der Waals surface area contributed by atoms with Gasteiger partial charge in [-0.05, 0) is 51.2 Å². The number of rotatable bonds is 5. The minimum Gasteiger partial charge on any atom is -0.494 e. The van der Waals surface area contributed by atoms with Crippen molar-refractivity contribution in [3.63, 3.8) is 0 Å². The van der Waals surface area contributed by atoms with Crippen LogP contribution in [-0.4, -0.2) is 56.2 Å². The zero-order valence-corrected chi connectivity index (χ0v) is 12.7. The van der Waals surface area contributed by atoms with Crippen molar-refractivity contribution in [2.24, 2.45) is 5.73 Å². The first kappa shape index (κ1) is 15.3. The van der Waals surface area contributed by atoms with Gasteiger partial charge in [0.25, 0.3) is 0 Å². The lowest BCUT2D eigenvalue weighted by Crippen LogP contribution is -2.35. The van der Waals surface area contributed by atoms with E-state index in [-0.39, 0.29) is 6.04 Å². The van der Waals surface area contributed by atoms with Crippen molar-refractivity contribution in [3.8, 4) is 5.75 Å². The van der Waals surface area contributed by atoms with Crippen molar-refractivity contribution in [3.05, 3.63) is 29.8 Å². The van der Waals surface area contributed by atoms with E-state index in [1.165, 1.54) is 18.5 Å². The van der Waals surface area contributed by atoms with Gasteiger partial charge in [-0.1, -0.05) is 12.1 Å². The van der Waals surface area contributed by atoms with E-state index in [0.29, 0.717) is 6.61 Å². The molecule has 1 aliphatic heterocycles. The first-order valence-electron chi connectivity index (χ1n) is 7.58. The van der Waals surface area contributed by atoms with Gasteiger partial charge in [0, 0.05) is 25.7 Å². The molecule has 2 rings (SSSR count). The van der Waals surface area contributed by atoms with Crippen molar-refractivity contribution >= 4 is 0 Å². The van der Waals surface area contributed by atoms with Gasteiger partial charge in [-0.3, -0.25) is 0 Å². The molecule has 1 heterocycles. The van der Waals surface area contributed by atoms with Gasteiger partial charge in [0.2, 0.25) is 0 Å². The van der Waals surface area contributed by atoms with Gasteiger partial charge in [-0.25, -0.2) is 0 Å². The summed E-state index contributed by atoms with van der Waals surface area (Å²) in [6.45, 7) is 8.21. The second-order valence-electron chi connectivity index (χ2n) is 5.57. The smallest absolute Gasteiger partial charge is 0.119 e. The number of hydrogen-bond donors (Lipinski definition) is 1. The van der Waals surface area contributed by atoms with Gasteiger partial charge in [-0.15, -0.1) is 0 Å². The van der Waals surface area contributed by atoms with Crippen LogP contribution < -0.4 is 10.5 Å². The van der Waals surface area contributed by atoms with Crippen molar-refractivity contribution in [2.45, 2.75) is 19.4 Å². The van der Waals surface area contributed by atoms with Crippen LogP contribution in [0.4, 0.5) is 0 Å². The molecule has 112 valence electrons. The molecule has 0 bridgehead atoms. The van der Waals surface area contributed by atoms with E-state index in [0.717, 1.165) is 31.9 Å². The Hall–Kier alpha value is -1.10. The maximum Gasteiger partial charge on any atom is 0.119 e. The maximum atomic E-state index is 6.34. The third-order valence-corrected chi connectivity index (χ3v) is 3.89. The molecule has 1 atom stereocenters. The molecule has 0 radical (unpaired) electrons.